The van der Waals surface area contributed by atoms with Gasteiger partial charge in [-0.1, -0.05) is 27.7 Å². The third-order valence-corrected chi connectivity index (χ3v) is 5.01. The van der Waals surface area contributed by atoms with Crippen molar-refractivity contribution in [1.82, 2.24) is 16.0 Å². The standard InChI is InChI=1S/C19H37N7O5S/c1-9(2)13(20)16(28)25-12(8-32)15(27)26-14(10(3)4)17(29)24-11(18(30)31)6-5-7-23-19(21)22/h9-14,32H,5-8,20H2,1-4H3,(H,24,29)(H,25,28)(H,26,27)(H,30,31)(H4,21,22,23). The number of rotatable bonds is 14. The van der Waals surface area contributed by atoms with Gasteiger partial charge in [-0.25, -0.2) is 4.79 Å². The van der Waals surface area contributed by atoms with Crippen LogP contribution in [0.25, 0.3) is 0 Å². The Hall–Kier alpha value is -2.54. The third-order valence-electron chi connectivity index (χ3n) is 4.64. The number of aliphatic imine (C=N–C) groups is 1. The lowest BCUT2D eigenvalue weighted by molar-refractivity contribution is -0.142. The summed E-state index contributed by atoms with van der Waals surface area (Å²) in [5.74, 6) is -3.63. The summed E-state index contributed by atoms with van der Waals surface area (Å²) in [6.45, 7) is 7.16. The first-order chi connectivity index (χ1) is 14.8. The van der Waals surface area contributed by atoms with E-state index in [2.05, 4.69) is 33.6 Å². The van der Waals surface area contributed by atoms with E-state index in [4.69, 9.17) is 17.2 Å². The van der Waals surface area contributed by atoms with Crippen LogP contribution in [0.1, 0.15) is 40.5 Å². The van der Waals surface area contributed by atoms with Crippen LogP contribution in [0.2, 0.25) is 0 Å². The number of nitrogens with one attached hydrogen (secondary N) is 3. The average molecular weight is 476 g/mol. The van der Waals surface area contributed by atoms with Crippen LogP contribution in [0.3, 0.4) is 0 Å². The third kappa shape index (κ3) is 10.7. The first kappa shape index (κ1) is 29.5. The second kappa shape index (κ2) is 14.5. The fraction of sp³-hybridized carbons (Fsp3) is 0.737. The number of nitrogens with zero attached hydrogens (tertiary/aromatic N) is 1. The first-order valence-electron chi connectivity index (χ1n) is 10.4. The molecule has 12 nitrogen and oxygen atoms in total. The fourth-order valence-electron chi connectivity index (χ4n) is 2.58. The number of hydrogen-bond donors (Lipinski definition) is 8. The molecule has 4 unspecified atom stereocenters. The van der Waals surface area contributed by atoms with Gasteiger partial charge in [0.25, 0.3) is 0 Å². The lowest BCUT2D eigenvalue weighted by Crippen LogP contribution is -2.59. The van der Waals surface area contributed by atoms with Crippen LogP contribution < -0.4 is 33.2 Å². The molecule has 4 atom stereocenters. The molecule has 0 aromatic rings. The summed E-state index contributed by atoms with van der Waals surface area (Å²) in [7, 11) is 0. The molecule has 0 fully saturated rings. The van der Waals surface area contributed by atoms with Gasteiger partial charge in [0, 0.05) is 12.3 Å². The molecule has 13 heteroatoms. The van der Waals surface area contributed by atoms with E-state index < -0.39 is 47.9 Å². The number of carbonyl (C=O) groups is 4. The van der Waals surface area contributed by atoms with Gasteiger partial charge in [0.15, 0.2) is 5.96 Å². The van der Waals surface area contributed by atoms with Crippen molar-refractivity contribution in [1.29, 1.82) is 0 Å². The van der Waals surface area contributed by atoms with E-state index in [0.29, 0.717) is 6.42 Å². The molecule has 0 rings (SSSR count). The predicted molar refractivity (Wildman–Crippen MR) is 125 cm³/mol. The van der Waals surface area contributed by atoms with Crippen molar-refractivity contribution in [2.45, 2.75) is 64.7 Å². The molecule has 0 aliphatic heterocycles. The largest absolute Gasteiger partial charge is 0.480 e. The van der Waals surface area contributed by atoms with E-state index in [-0.39, 0.29) is 36.5 Å². The van der Waals surface area contributed by atoms with Crippen LogP contribution in [0.15, 0.2) is 4.99 Å². The molecule has 0 bridgehead atoms. The van der Waals surface area contributed by atoms with Crippen LogP contribution in [0.4, 0.5) is 0 Å². The maximum Gasteiger partial charge on any atom is 0.326 e. The Morgan fingerprint density at radius 3 is 1.91 bits per heavy atom. The molecule has 3 amide bonds. The number of hydrogen-bond acceptors (Lipinski definition) is 7. The molecule has 0 spiro atoms. The molecule has 0 aromatic heterocycles. The van der Waals surface area contributed by atoms with E-state index in [0.717, 1.165) is 0 Å². The van der Waals surface area contributed by atoms with Crippen LogP contribution in [0.5, 0.6) is 0 Å². The highest BCUT2D eigenvalue weighted by atomic mass is 32.1. The topological polar surface area (TPSA) is 215 Å². The Morgan fingerprint density at radius 2 is 1.47 bits per heavy atom. The monoisotopic (exact) mass is 475 g/mol. The van der Waals surface area contributed by atoms with Gasteiger partial charge < -0.3 is 38.3 Å². The number of aliphatic carboxylic acids is 1. The normalized spacial score (nSPS) is 14.8. The fourth-order valence-corrected chi connectivity index (χ4v) is 2.83. The molecule has 0 aliphatic rings. The Labute approximate surface area is 193 Å². The summed E-state index contributed by atoms with van der Waals surface area (Å²) >= 11 is 4.10. The highest BCUT2D eigenvalue weighted by Gasteiger charge is 2.31. The van der Waals surface area contributed by atoms with E-state index in [1.807, 2.05) is 0 Å². The van der Waals surface area contributed by atoms with Gasteiger partial charge in [0.05, 0.1) is 6.04 Å². The number of amides is 3. The van der Waals surface area contributed by atoms with Gasteiger partial charge in [-0.2, -0.15) is 12.6 Å². The Balaban J connectivity index is 5.15. The molecule has 0 saturated heterocycles. The number of carbonyl (C=O) groups excluding carboxylic acids is 3. The van der Waals surface area contributed by atoms with Crippen LogP contribution >= 0.6 is 12.6 Å². The maximum atomic E-state index is 12.7. The van der Waals surface area contributed by atoms with Gasteiger partial charge in [-0.3, -0.25) is 19.4 Å². The minimum absolute atomic E-state index is 0.0165. The van der Waals surface area contributed by atoms with Gasteiger partial charge in [-0.05, 0) is 24.7 Å². The predicted octanol–water partition coefficient (Wildman–Crippen LogP) is -1.85. The minimum atomic E-state index is -1.22. The van der Waals surface area contributed by atoms with Crippen molar-refractivity contribution in [3.05, 3.63) is 0 Å². The molecule has 0 aromatic carbocycles. The lowest BCUT2D eigenvalue weighted by Gasteiger charge is -2.27. The van der Waals surface area contributed by atoms with Gasteiger partial charge in [-0.15, -0.1) is 0 Å². The second-order valence-electron chi connectivity index (χ2n) is 8.09. The molecule has 32 heavy (non-hydrogen) atoms. The van der Waals surface area contributed by atoms with Gasteiger partial charge in [0.2, 0.25) is 17.7 Å². The minimum Gasteiger partial charge on any atom is -0.480 e. The first-order valence-corrected chi connectivity index (χ1v) is 11.0. The Bertz CT molecular complexity index is 683. The second-order valence-corrected chi connectivity index (χ2v) is 8.46. The summed E-state index contributed by atoms with van der Waals surface area (Å²) in [6.07, 6.45) is 0.427. The summed E-state index contributed by atoms with van der Waals surface area (Å²) in [5, 5.41) is 16.9. The van der Waals surface area contributed by atoms with Gasteiger partial charge in [0.1, 0.15) is 18.1 Å². The van der Waals surface area contributed by atoms with Crippen molar-refractivity contribution in [2.24, 2.45) is 34.0 Å². The molecule has 0 radical (unpaired) electrons. The summed E-state index contributed by atoms with van der Waals surface area (Å²) < 4.78 is 0. The zero-order chi connectivity index (χ0) is 25.0. The summed E-state index contributed by atoms with van der Waals surface area (Å²) in [6, 6.07) is -4.02. The molecular weight excluding hydrogens is 438 g/mol. The number of carboxylic acids is 1. The van der Waals surface area contributed by atoms with Crippen LogP contribution in [-0.4, -0.2) is 71.2 Å². The molecule has 10 N–H and O–H groups in total. The number of thiol groups is 1. The summed E-state index contributed by atoms with van der Waals surface area (Å²) in [4.78, 5) is 52.9. The smallest absolute Gasteiger partial charge is 0.326 e. The SMILES string of the molecule is CC(C)C(N)C(=O)NC(CS)C(=O)NC(C(=O)NC(CCCN=C(N)N)C(=O)O)C(C)C. The van der Waals surface area contributed by atoms with Crippen LogP contribution in [0, 0.1) is 11.8 Å². The van der Waals surface area contributed by atoms with E-state index in [1.54, 1.807) is 27.7 Å². The maximum absolute atomic E-state index is 12.7. The Morgan fingerprint density at radius 1 is 0.906 bits per heavy atom. The molecule has 0 heterocycles. The lowest BCUT2D eigenvalue weighted by atomic mass is 10.0. The Kier molecular flexibility index (Phi) is 13.4. The number of guanidine groups is 1. The number of carboxylic acid groups (broad SMARTS) is 1. The quantitative estimate of drug-likeness (QED) is 0.0616. The molecule has 0 aliphatic carbocycles. The van der Waals surface area contributed by atoms with Crippen molar-refractivity contribution in [2.75, 3.05) is 12.3 Å². The highest BCUT2D eigenvalue weighted by Crippen LogP contribution is 2.07. The zero-order valence-corrected chi connectivity index (χ0v) is 19.9. The van der Waals surface area contributed by atoms with Crippen molar-refractivity contribution < 1.29 is 24.3 Å². The van der Waals surface area contributed by atoms with E-state index >= 15 is 0 Å². The molecular formula is C19H37N7O5S. The molecule has 184 valence electrons. The van der Waals surface area contributed by atoms with Crippen molar-refractivity contribution in [3.63, 3.8) is 0 Å². The van der Waals surface area contributed by atoms with E-state index in [1.165, 1.54) is 0 Å². The summed E-state index contributed by atoms with van der Waals surface area (Å²) in [5.41, 5.74) is 16.3. The van der Waals surface area contributed by atoms with Crippen molar-refractivity contribution in [3.8, 4) is 0 Å². The highest BCUT2D eigenvalue weighted by molar-refractivity contribution is 7.80. The molecule has 0 saturated carbocycles. The van der Waals surface area contributed by atoms with Gasteiger partial charge >= 0.3 is 5.97 Å². The average Bonchev–Trinajstić information content (AvgIpc) is 2.70. The number of nitrogens with two attached hydrogens (primary N) is 3. The van der Waals surface area contributed by atoms with Crippen LogP contribution in [-0.2, 0) is 19.2 Å². The van der Waals surface area contributed by atoms with Crippen molar-refractivity contribution >= 4 is 42.3 Å². The zero-order valence-electron chi connectivity index (χ0n) is 19.0. The van der Waals surface area contributed by atoms with E-state index in [9.17, 15) is 24.3 Å².